The van der Waals surface area contributed by atoms with Gasteiger partial charge in [0, 0.05) is 25.3 Å². The Balaban J connectivity index is 1.20. The SMILES string of the molecule is CSc1ncccc1C(=O)NC1CCN(CCCCC2(C(=O)NCC(F)(F)F)c3ccccc3-c3ccccc32)CC1. The van der Waals surface area contributed by atoms with Crippen molar-refractivity contribution in [1.82, 2.24) is 20.5 Å². The summed E-state index contributed by atoms with van der Waals surface area (Å²) in [6.45, 7) is 1.15. The summed E-state index contributed by atoms with van der Waals surface area (Å²) >= 11 is 1.45. The number of thioether (sulfide) groups is 1. The Morgan fingerprint density at radius 3 is 2.24 bits per heavy atom. The van der Waals surface area contributed by atoms with E-state index in [9.17, 15) is 22.8 Å². The summed E-state index contributed by atoms with van der Waals surface area (Å²) in [4.78, 5) is 33.1. The fourth-order valence-corrected chi connectivity index (χ4v) is 6.85. The number of carbonyl (C=O) groups excluding carboxylic acids is 2. The molecule has 1 aliphatic carbocycles. The molecule has 0 spiro atoms. The minimum Gasteiger partial charge on any atom is -0.349 e. The molecule has 2 aliphatic rings. The van der Waals surface area contributed by atoms with Crippen LogP contribution in [-0.2, 0) is 10.2 Å². The Bertz CT molecular complexity index is 1380. The maximum Gasteiger partial charge on any atom is 0.405 e. The number of rotatable bonds is 10. The van der Waals surface area contributed by atoms with Crippen molar-refractivity contribution in [2.45, 2.75) is 54.8 Å². The van der Waals surface area contributed by atoms with Crippen molar-refractivity contribution >= 4 is 23.6 Å². The Kier molecular flexibility index (Phi) is 9.22. The monoisotopic (exact) mass is 596 g/mol. The molecular weight excluding hydrogens is 561 g/mol. The molecule has 0 bridgehead atoms. The third kappa shape index (κ3) is 6.34. The van der Waals surface area contributed by atoms with Crippen LogP contribution in [-0.4, -0.2) is 66.4 Å². The zero-order valence-electron chi connectivity index (χ0n) is 23.5. The molecule has 0 radical (unpaired) electrons. The van der Waals surface area contributed by atoms with Gasteiger partial charge in [0.1, 0.15) is 17.0 Å². The molecule has 5 rings (SSSR count). The number of likely N-dealkylation sites (tertiary alicyclic amines) is 1. The zero-order chi connectivity index (χ0) is 29.7. The van der Waals surface area contributed by atoms with Crippen LogP contribution in [0.15, 0.2) is 71.9 Å². The average molecular weight is 597 g/mol. The molecule has 2 amide bonds. The van der Waals surface area contributed by atoms with Crippen molar-refractivity contribution in [1.29, 1.82) is 0 Å². The highest BCUT2D eigenvalue weighted by Gasteiger charge is 2.49. The number of amides is 2. The Labute approximate surface area is 248 Å². The van der Waals surface area contributed by atoms with E-state index in [4.69, 9.17) is 0 Å². The van der Waals surface area contributed by atoms with Gasteiger partial charge in [0.05, 0.1) is 5.56 Å². The van der Waals surface area contributed by atoms with Gasteiger partial charge >= 0.3 is 6.18 Å². The maximum atomic E-state index is 13.6. The number of alkyl halides is 3. The Hall–Kier alpha value is -3.37. The van der Waals surface area contributed by atoms with E-state index >= 15 is 0 Å². The highest BCUT2D eigenvalue weighted by Crippen LogP contribution is 2.51. The number of aromatic nitrogens is 1. The van der Waals surface area contributed by atoms with Crippen molar-refractivity contribution < 1.29 is 22.8 Å². The largest absolute Gasteiger partial charge is 0.405 e. The number of unbranched alkanes of at least 4 members (excludes halogenated alkanes) is 1. The minimum atomic E-state index is -4.49. The molecule has 1 fully saturated rings. The van der Waals surface area contributed by atoms with E-state index in [1.54, 1.807) is 18.3 Å². The molecule has 42 heavy (non-hydrogen) atoms. The maximum absolute atomic E-state index is 13.6. The van der Waals surface area contributed by atoms with Crippen molar-refractivity contribution in [2.24, 2.45) is 0 Å². The average Bonchev–Trinajstić information content (AvgIpc) is 3.29. The van der Waals surface area contributed by atoms with Crippen LogP contribution in [0.3, 0.4) is 0 Å². The van der Waals surface area contributed by atoms with Gasteiger partial charge in [-0.25, -0.2) is 4.98 Å². The van der Waals surface area contributed by atoms with E-state index in [1.807, 2.05) is 54.8 Å². The smallest absolute Gasteiger partial charge is 0.349 e. The number of hydrogen-bond donors (Lipinski definition) is 2. The number of carbonyl (C=O) groups is 2. The van der Waals surface area contributed by atoms with E-state index in [-0.39, 0.29) is 11.9 Å². The second-order valence-electron chi connectivity index (χ2n) is 10.9. The lowest BCUT2D eigenvalue weighted by Gasteiger charge is -2.33. The van der Waals surface area contributed by atoms with Crippen LogP contribution in [0.1, 0.15) is 53.6 Å². The van der Waals surface area contributed by atoms with E-state index in [0.717, 1.165) is 61.2 Å². The van der Waals surface area contributed by atoms with Gasteiger partial charge in [-0.05, 0) is 72.9 Å². The summed E-state index contributed by atoms with van der Waals surface area (Å²) in [5.74, 6) is -0.704. The second kappa shape index (κ2) is 12.9. The van der Waals surface area contributed by atoms with Crippen LogP contribution in [0, 0.1) is 0 Å². The first-order chi connectivity index (χ1) is 20.2. The molecule has 0 atom stereocenters. The Morgan fingerprint density at radius 2 is 1.62 bits per heavy atom. The second-order valence-corrected chi connectivity index (χ2v) is 11.7. The van der Waals surface area contributed by atoms with E-state index in [0.29, 0.717) is 23.4 Å². The third-order valence-corrected chi connectivity index (χ3v) is 9.02. The minimum absolute atomic E-state index is 0.0933. The standard InChI is InChI=1S/C32H35F3N4O2S/c1-42-29-25(11-8-17-36-29)28(40)38-22-14-19-39(20-15-22)18-7-6-16-31(30(41)37-21-32(33,34)35)26-12-4-2-9-23(26)24-10-3-5-13-27(24)31/h2-5,8-13,17,22H,6-7,14-16,18-21H2,1H3,(H,37,41)(H,38,40). The van der Waals surface area contributed by atoms with Gasteiger partial charge in [0.25, 0.3) is 5.91 Å². The van der Waals surface area contributed by atoms with Crippen LogP contribution in [0.5, 0.6) is 0 Å². The molecule has 3 aromatic rings. The summed E-state index contributed by atoms with van der Waals surface area (Å²) in [5.41, 5.74) is 2.75. The highest BCUT2D eigenvalue weighted by atomic mass is 32.2. The lowest BCUT2D eigenvalue weighted by atomic mass is 9.73. The van der Waals surface area contributed by atoms with Crippen LogP contribution in [0.25, 0.3) is 11.1 Å². The molecule has 0 saturated carbocycles. The van der Waals surface area contributed by atoms with Gasteiger partial charge in [0.15, 0.2) is 0 Å². The summed E-state index contributed by atoms with van der Waals surface area (Å²) in [6.07, 6.45) is 2.67. The molecule has 10 heteroatoms. The first-order valence-electron chi connectivity index (χ1n) is 14.3. The summed E-state index contributed by atoms with van der Waals surface area (Å²) in [6, 6.07) is 18.7. The van der Waals surface area contributed by atoms with Gasteiger partial charge < -0.3 is 15.5 Å². The number of hydrogen-bond acceptors (Lipinski definition) is 5. The summed E-state index contributed by atoms with van der Waals surface area (Å²) in [7, 11) is 0. The topological polar surface area (TPSA) is 74.3 Å². The molecule has 1 saturated heterocycles. The number of nitrogens with one attached hydrogen (secondary N) is 2. The zero-order valence-corrected chi connectivity index (χ0v) is 24.4. The number of piperidine rings is 1. The normalized spacial score (nSPS) is 16.5. The van der Waals surface area contributed by atoms with Gasteiger partial charge in [-0.15, -0.1) is 11.8 Å². The van der Waals surface area contributed by atoms with E-state index < -0.39 is 24.0 Å². The molecule has 222 valence electrons. The first-order valence-corrected chi connectivity index (χ1v) is 15.5. The fraction of sp³-hybridized carbons (Fsp3) is 0.406. The van der Waals surface area contributed by atoms with Gasteiger partial charge in [-0.1, -0.05) is 55.0 Å². The van der Waals surface area contributed by atoms with E-state index in [1.165, 1.54) is 11.8 Å². The molecule has 2 heterocycles. The van der Waals surface area contributed by atoms with Crippen molar-refractivity contribution in [3.8, 4) is 11.1 Å². The molecular formula is C32H35F3N4O2S. The van der Waals surface area contributed by atoms with Crippen molar-refractivity contribution in [3.63, 3.8) is 0 Å². The van der Waals surface area contributed by atoms with Gasteiger partial charge in [0.2, 0.25) is 5.91 Å². The van der Waals surface area contributed by atoms with Crippen LogP contribution in [0.4, 0.5) is 13.2 Å². The lowest BCUT2D eigenvalue weighted by molar-refractivity contribution is -0.141. The number of pyridine rings is 1. The van der Waals surface area contributed by atoms with Gasteiger partial charge in [-0.3, -0.25) is 9.59 Å². The van der Waals surface area contributed by atoms with Crippen molar-refractivity contribution in [3.05, 3.63) is 83.6 Å². The van der Waals surface area contributed by atoms with Crippen molar-refractivity contribution in [2.75, 3.05) is 32.4 Å². The van der Waals surface area contributed by atoms with Gasteiger partial charge in [-0.2, -0.15) is 13.2 Å². The molecule has 2 N–H and O–H groups in total. The quantitative estimate of drug-likeness (QED) is 0.228. The summed E-state index contributed by atoms with van der Waals surface area (Å²) < 4.78 is 39.3. The first kappa shape index (κ1) is 30.1. The number of fused-ring (bicyclic) bond motifs is 3. The lowest BCUT2D eigenvalue weighted by Crippen LogP contribution is -2.47. The predicted octanol–water partition coefficient (Wildman–Crippen LogP) is 5.81. The van der Waals surface area contributed by atoms with Crippen LogP contribution >= 0.6 is 11.8 Å². The fourth-order valence-electron chi connectivity index (χ4n) is 6.30. The van der Waals surface area contributed by atoms with E-state index in [2.05, 4.69) is 20.5 Å². The third-order valence-electron chi connectivity index (χ3n) is 8.31. The van der Waals surface area contributed by atoms with Crippen LogP contribution < -0.4 is 10.6 Å². The number of benzene rings is 2. The predicted molar refractivity (Wildman–Crippen MR) is 159 cm³/mol. The number of nitrogens with zero attached hydrogens (tertiary/aromatic N) is 2. The molecule has 1 aliphatic heterocycles. The summed E-state index contributed by atoms with van der Waals surface area (Å²) in [5, 5.41) is 6.07. The number of halogens is 3. The van der Waals surface area contributed by atoms with Crippen LogP contribution in [0.2, 0.25) is 0 Å². The molecule has 2 aromatic carbocycles. The highest BCUT2D eigenvalue weighted by molar-refractivity contribution is 7.98. The molecule has 1 aromatic heterocycles. The Morgan fingerprint density at radius 1 is 0.976 bits per heavy atom. The molecule has 0 unspecified atom stereocenters. The molecule has 6 nitrogen and oxygen atoms in total.